The van der Waals surface area contributed by atoms with Crippen LogP contribution in [0.5, 0.6) is 0 Å². The lowest BCUT2D eigenvalue weighted by molar-refractivity contribution is 0.0953. The first-order valence-electron chi connectivity index (χ1n) is 7.83. The van der Waals surface area contributed by atoms with E-state index in [4.69, 9.17) is 5.73 Å². The summed E-state index contributed by atoms with van der Waals surface area (Å²) in [4.78, 5) is 15.7. The van der Waals surface area contributed by atoms with E-state index < -0.39 is 0 Å². The van der Waals surface area contributed by atoms with Crippen molar-refractivity contribution in [2.24, 2.45) is 5.73 Å². The second-order valence-corrected chi connectivity index (χ2v) is 5.97. The third kappa shape index (κ3) is 2.68. The number of rotatable bonds is 4. The molecule has 1 aliphatic rings. The average molecular weight is 285 g/mol. The van der Waals surface area contributed by atoms with Crippen molar-refractivity contribution in [2.45, 2.75) is 38.5 Å². The molecule has 4 N–H and O–H groups in total. The normalized spacial score (nSPS) is 17.7. The Bertz CT molecular complexity index is 659. The monoisotopic (exact) mass is 285 g/mol. The first-order chi connectivity index (χ1) is 10.2. The molecule has 1 aliphatic carbocycles. The molecule has 21 heavy (non-hydrogen) atoms. The van der Waals surface area contributed by atoms with E-state index in [1.165, 1.54) is 29.5 Å². The quantitative estimate of drug-likeness (QED) is 0.756. The summed E-state index contributed by atoms with van der Waals surface area (Å²) in [5.41, 5.74) is 10.1. The zero-order valence-corrected chi connectivity index (χ0v) is 12.5. The smallest absolute Gasteiger partial charge is 0.251 e. The Labute approximate surface area is 125 Å². The van der Waals surface area contributed by atoms with Gasteiger partial charge in [-0.25, -0.2) is 0 Å². The lowest BCUT2D eigenvalue weighted by Gasteiger charge is -2.18. The fourth-order valence-corrected chi connectivity index (χ4v) is 3.24. The minimum Gasteiger partial charge on any atom is -0.358 e. The van der Waals surface area contributed by atoms with Gasteiger partial charge in [0.15, 0.2) is 0 Å². The lowest BCUT2D eigenvalue weighted by atomic mass is 9.88. The molecule has 1 aromatic carbocycles. The van der Waals surface area contributed by atoms with E-state index >= 15 is 0 Å². The molecule has 112 valence electrons. The van der Waals surface area contributed by atoms with Crippen molar-refractivity contribution in [2.75, 3.05) is 13.1 Å². The number of benzene rings is 1. The Balaban J connectivity index is 1.91. The fraction of sp³-hybridized carbons (Fsp3) is 0.471. The van der Waals surface area contributed by atoms with Gasteiger partial charge in [-0.2, -0.15) is 0 Å². The SMILES string of the molecule is CC1CCCc2c1[nH]c1ccc(C(=O)NCCCN)cc21. The molecule has 0 radical (unpaired) electrons. The molecule has 3 rings (SSSR count). The largest absolute Gasteiger partial charge is 0.358 e. The highest BCUT2D eigenvalue weighted by atomic mass is 16.1. The van der Waals surface area contributed by atoms with Gasteiger partial charge in [0.25, 0.3) is 5.91 Å². The predicted molar refractivity (Wildman–Crippen MR) is 85.7 cm³/mol. The molecule has 1 aromatic heterocycles. The van der Waals surface area contributed by atoms with Crippen molar-refractivity contribution in [3.05, 3.63) is 35.0 Å². The third-order valence-corrected chi connectivity index (χ3v) is 4.42. The maximum Gasteiger partial charge on any atom is 0.251 e. The summed E-state index contributed by atoms with van der Waals surface area (Å²) in [6.07, 6.45) is 4.39. The number of carbonyl (C=O) groups excluding carboxylic acids is 1. The highest BCUT2D eigenvalue weighted by Gasteiger charge is 2.21. The highest BCUT2D eigenvalue weighted by molar-refractivity contribution is 5.99. The number of nitrogens with one attached hydrogen (secondary N) is 2. The predicted octanol–water partition coefficient (Wildman–Crippen LogP) is 2.69. The van der Waals surface area contributed by atoms with Gasteiger partial charge in [0.2, 0.25) is 0 Å². The molecule has 1 unspecified atom stereocenters. The van der Waals surface area contributed by atoms with Crippen LogP contribution in [0.4, 0.5) is 0 Å². The van der Waals surface area contributed by atoms with Crippen LogP contribution in [0.2, 0.25) is 0 Å². The number of hydrogen-bond donors (Lipinski definition) is 3. The summed E-state index contributed by atoms with van der Waals surface area (Å²) in [5.74, 6) is 0.576. The maximum absolute atomic E-state index is 12.2. The van der Waals surface area contributed by atoms with Gasteiger partial charge in [0, 0.05) is 28.7 Å². The van der Waals surface area contributed by atoms with E-state index in [-0.39, 0.29) is 5.91 Å². The Morgan fingerprint density at radius 2 is 2.33 bits per heavy atom. The Kier molecular flexibility index (Phi) is 3.97. The van der Waals surface area contributed by atoms with E-state index in [1.54, 1.807) is 0 Å². The topological polar surface area (TPSA) is 70.9 Å². The summed E-state index contributed by atoms with van der Waals surface area (Å²) in [6.45, 7) is 3.51. The Morgan fingerprint density at radius 1 is 1.48 bits per heavy atom. The van der Waals surface area contributed by atoms with Gasteiger partial charge in [0.1, 0.15) is 0 Å². The van der Waals surface area contributed by atoms with E-state index in [2.05, 4.69) is 17.2 Å². The van der Waals surface area contributed by atoms with Gasteiger partial charge in [-0.05, 0) is 61.9 Å². The van der Waals surface area contributed by atoms with E-state index in [0.29, 0.717) is 19.0 Å². The number of aromatic nitrogens is 1. The van der Waals surface area contributed by atoms with Crippen molar-refractivity contribution in [1.29, 1.82) is 0 Å². The fourth-order valence-electron chi connectivity index (χ4n) is 3.24. The average Bonchev–Trinajstić information content (AvgIpc) is 2.87. The molecule has 1 heterocycles. The van der Waals surface area contributed by atoms with E-state index in [0.717, 1.165) is 23.9 Å². The van der Waals surface area contributed by atoms with Crippen LogP contribution < -0.4 is 11.1 Å². The molecule has 1 amide bonds. The third-order valence-electron chi connectivity index (χ3n) is 4.42. The first kappa shape index (κ1) is 14.1. The van der Waals surface area contributed by atoms with Crippen molar-refractivity contribution in [3.63, 3.8) is 0 Å². The molecule has 0 fully saturated rings. The minimum atomic E-state index is -0.0100. The van der Waals surface area contributed by atoms with Crippen LogP contribution in [-0.4, -0.2) is 24.0 Å². The van der Waals surface area contributed by atoms with E-state index in [9.17, 15) is 4.79 Å². The number of aromatic amines is 1. The number of hydrogen-bond acceptors (Lipinski definition) is 2. The van der Waals surface area contributed by atoms with Crippen molar-refractivity contribution in [3.8, 4) is 0 Å². The summed E-state index contributed by atoms with van der Waals surface area (Å²) in [5, 5.41) is 4.13. The second-order valence-electron chi connectivity index (χ2n) is 5.97. The molecular weight excluding hydrogens is 262 g/mol. The molecule has 0 saturated heterocycles. The number of nitrogens with two attached hydrogens (primary N) is 1. The zero-order valence-electron chi connectivity index (χ0n) is 12.5. The van der Waals surface area contributed by atoms with Gasteiger partial charge >= 0.3 is 0 Å². The Hall–Kier alpha value is -1.81. The van der Waals surface area contributed by atoms with Crippen molar-refractivity contribution in [1.82, 2.24) is 10.3 Å². The summed E-state index contributed by atoms with van der Waals surface area (Å²) in [6, 6.07) is 5.95. The van der Waals surface area contributed by atoms with Crippen LogP contribution in [0.15, 0.2) is 18.2 Å². The minimum absolute atomic E-state index is 0.0100. The highest BCUT2D eigenvalue weighted by Crippen LogP contribution is 2.35. The molecule has 4 nitrogen and oxygen atoms in total. The molecule has 2 aromatic rings. The molecule has 0 saturated carbocycles. The first-order valence-corrected chi connectivity index (χ1v) is 7.83. The van der Waals surface area contributed by atoms with Gasteiger partial charge in [0.05, 0.1) is 0 Å². The zero-order chi connectivity index (χ0) is 14.8. The van der Waals surface area contributed by atoms with Gasteiger partial charge in [-0.1, -0.05) is 6.92 Å². The van der Waals surface area contributed by atoms with Crippen molar-refractivity contribution < 1.29 is 4.79 Å². The Morgan fingerprint density at radius 3 is 3.14 bits per heavy atom. The van der Waals surface area contributed by atoms with Gasteiger partial charge in [-0.3, -0.25) is 4.79 Å². The van der Waals surface area contributed by atoms with Crippen LogP contribution in [0.3, 0.4) is 0 Å². The number of carbonyl (C=O) groups is 1. The summed E-state index contributed by atoms with van der Waals surface area (Å²) >= 11 is 0. The van der Waals surface area contributed by atoms with E-state index in [1.807, 2.05) is 18.2 Å². The lowest BCUT2D eigenvalue weighted by Crippen LogP contribution is -2.25. The molecular formula is C17H23N3O. The van der Waals surface area contributed by atoms with Crippen LogP contribution in [0.1, 0.15) is 53.7 Å². The number of amides is 1. The number of aryl methyl sites for hydroxylation is 1. The van der Waals surface area contributed by atoms with Crippen LogP contribution in [0.25, 0.3) is 10.9 Å². The molecule has 0 aliphatic heterocycles. The van der Waals surface area contributed by atoms with Crippen LogP contribution in [-0.2, 0) is 6.42 Å². The van der Waals surface area contributed by atoms with Crippen LogP contribution in [0, 0.1) is 0 Å². The molecule has 0 bridgehead atoms. The molecule has 4 heteroatoms. The molecule has 1 atom stereocenters. The second kappa shape index (κ2) is 5.90. The van der Waals surface area contributed by atoms with Gasteiger partial charge < -0.3 is 16.0 Å². The summed E-state index contributed by atoms with van der Waals surface area (Å²) in [7, 11) is 0. The standard InChI is InChI=1S/C17H23N3O/c1-11-4-2-5-13-14-10-12(17(21)19-9-3-8-18)6-7-15(14)20-16(11)13/h6-7,10-11,20H,2-5,8-9,18H2,1H3,(H,19,21). The molecule has 0 spiro atoms. The number of fused-ring (bicyclic) bond motifs is 3. The maximum atomic E-state index is 12.2. The number of H-pyrrole nitrogens is 1. The summed E-state index contributed by atoms with van der Waals surface area (Å²) < 4.78 is 0. The van der Waals surface area contributed by atoms with Gasteiger partial charge in [-0.15, -0.1) is 0 Å². The van der Waals surface area contributed by atoms with Crippen LogP contribution >= 0.6 is 0 Å². The van der Waals surface area contributed by atoms with Crippen molar-refractivity contribution >= 4 is 16.8 Å².